The molecule has 3 unspecified atom stereocenters. The maximum atomic E-state index is 14.6. The third-order valence-electron chi connectivity index (χ3n) is 10.1. The second kappa shape index (κ2) is 22.4. The maximum absolute atomic E-state index is 14.6. The molecule has 0 spiro atoms. The van der Waals surface area contributed by atoms with Crippen molar-refractivity contribution < 1.29 is 38.5 Å². The van der Waals surface area contributed by atoms with Gasteiger partial charge in [0.25, 0.3) is 5.91 Å². The normalized spacial score (nSPS) is 18.5. The van der Waals surface area contributed by atoms with Gasteiger partial charge in [-0.3, -0.25) is 24.1 Å². The van der Waals surface area contributed by atoms with Gasteiger partial charge >= 0.3 is 5.97 Å². The number of carbonyl (C=O) groups excluding carboxylic acids is 3. The zero-order valence-corrected chi connectivity index (χ0v) is 34.3. The highest BCUT2D eigenvalue weighted by Crippen LogP contribution is 2.32. The molecule has 3 amide bonds. The summed E-state index contributed by atoms with van der Waals surface area (Å²) in [6.07, 6.45) is 4.00. The Hall–Kier alpha value is -2.95. The number of rotatable bonds is 23. The quantitative estimate of drug-likeness (QED) is 0.128. The molecule has 0 aromatic carbocycles. The van der Waals surface area contributed by atoms with Gasteiger partial charge in [-0.2, -0.15) is 0 Å². The molecular weight excluding hydrogens is 719 g/mol. The Kier molecular flexibility index (Phi) is 18.8. The number of hydrogen-bond donors (Lipinski definition) is 3. The number of aromatic nitrogens is 1. The minimum Gasteiger partial charge on any atom is -0.481 e. The average Bonchev–Trinajstić information content (AvgIpc) is 3.84. The van der Waals surface area contributed by atoms with Crippen molar-refractivity contribution in [3.05, 3.63) is 38.5 Å². The summed E-state index contributed by atoms with van der Waals surface area (Å²) in [7, 11) is 5.08. The smallest absolute Gasteiger partial charge is 0.306 e. The molecule has 2 aromatic heterocycles. The molecular formula is C38H61N5O8S2. The molecule has 0 bridgehead atoms. The zero-order valence-electron chi connectivity index (χ0n) is 32.7. The summed E-state index contributed by atoms with van der Waals surface area (Å²) in [6, 6.07) is 2.16. The fraction of sp³-hybridized carbons (Fsp3) is 0.711. The number of thiophene rings is 1. The molecule has 298 valence electrons. The number of methoxy groups -OCH3 is 2. The molecule has 3 N–H and O–H groups in total. The van der Waals surface area contributed by atoms with E-state index in [2.05, 4.69) is 15.5 Å². The summed E-state index contributed by atoms with van der Waals surface area (Å²) >= 11 is 2.84. The van der Waals surface area contributed by atoms with E-state index in [9.17, 15) is 24.3 Å². The van der Waals surface area contributed by atoms with E-state index >= 15 is 0 Å². The number of hydrogen-bond acceptors (Lipinski definition) is 11. The number of nitrogens with one attached hydrogen (secondary N) is 2. The van der Waals surface area contributed by atoms with Crippen LogP contribution in [0.1, 0.15) is 99.6 Å². The Morgan fingerprint density at radius 1 is 1.08 bits per heavy atom. The van der Waals surface area contributed by atoms with Gasteiger partial charge in [-0.1, -0.05) is 53.5 Å². The first-order chi connectivity index (χ1) is 25.3. The highest BCUT2D eigenvalue weighted by atomic mass is 32.1. The van der Waals surface area contributed by atoms with E-state index < -0.39 is 36.0 Å². The van der Waals surface area contributed by atoms with Gasteiger partial charge in [0.2, 0.25) is 11.8 Å². The van der Waals surface area contributed by atoms with E-state index in [1.807, 2.05) is 57.2 Å². The Bertz CT molecular complexity index is 1420. The summed E-state index contributed by atoms with van der Waals surface area (Å²) < 4.78 is 16.9. The SMILES string of the molecule is CCC(C)C(NC(=O)C1CCCCN1C)C(=O)N(CCOC)[C@H](C[C@@H](OCOC)c1nc(C(=O)N[C@@H](Cc2cccs2)C[C@H](C)C(=O)O)cs1)C(C)C. The molecule has 13 nitrogen and oxygen atoms in total. The van der Waals surface area contributed by atoms with E-state index in [1.165, 1.54) is 18.4 Å². The molecule has 1 aliphatic heterocycles. The maximum Gasteiger partial charge on any atom is 0.306 e. The second-order valence-corrected chi connectivity index (χ2v) is 16.4. The summed E-state index contributed by atoms with van der Waals surface area (Å²) in [4.78, 5) is 63.1. The van der Waals surface area contributed by atoms with Crippen LogP contribution in [0.5, 0.6) is 0 Å². The van der Waals surface area contributed by atoms with E-state index in [0.717, 1.165) is 30.7 Å². The highest BCUT2D eigenvalue weighted by molar-refractivity contribution is 7.10. The van der Waals surface area contributed by atoms with Crippen molar-refractivity contribution in [1.29, 1.82) is 0 Å². The van der Waals surface area contributed by atoms with E-state index in [4.69, 9.17) is 19.2 Å². The van der Waals surface area contributed by atoms with Gasteiger partial charge in [0.05, 0.1) is 18.6 Å². The number of carboxylic acids is 1. The van der Waals surface area contributed by atoms with E-state index in [0.29, 0.717) is 37.4 Å². The number of likely N-dealkylation sites (N-methyl/N-ethyl adjacent to an activating group) is 1. The minimum absolute atomic E-state index is 0.0146. The molecule has 15 heteroatoms. The molecule has 53 heavy (non-hydrogen) atoms. The van der Waals surface area contributed by atoms with Gasteiger partial charge < -0.3 is 34.9 Å². The molecule has 0 aliphatic carbocycles. The predicted molar refractivity (Wildman–Crippen MR) is 207 cm³/mol. The van der Waals surface area contributed by atoms with Gasteiger partial charge in [0.1, 0.15) is 29.6 Å². The molecule has 0 saturated carbocycles. The minimum atomic E-state index is -0.920. The Morgan fingerprint density at radius 3 is 2.43 bits per heavy atom. The number of nitrogens with zero attached hydrogens (tertiary/aromatic N) is 3. The number of piperidine rings is 1. The van der Waals surface area contributed by atoms with Crippen molar-refractivity contribution in [2.75, 3.05) is 47.8 Å². The average molecular weight is 780 g/mol. The molecule has 1 fully saturated rings. The Labute approximate surface area is 323 Å². The van der Waals surface area contributed by atoms with Crippen LogP contribution >= 0.6 is 22.7 Å². The monoisotopic (exact) mass is 779 g/mol. The lowest BCUT2D eigenvalue weighted by atomic mass is 9.92. The molecule has 1 aliphatic rings. The van der Waals surface area contributed by atoms with Crippen LogP contribution in [0.4, 0.5) is 0 Å². The number of carboxylic acid groups (broad SMARTS) is 1. The van der Waals surface area contributed by atoms with Crippen LogP contribution in [0.3, 0.4) is 0 Å². The number of aliphatic carboxylic acids is 1. The van der Waals surface area contributed by atoms with Gasteiger partial charge in [-0.05, 0) is 56.1 Å². The Morgan fingerprint density at radius 2 is 1.83 bits per heavy atom. The molecule has 7 atom stereocenters. The molecule has 3 rings (SSSR count). The molecule has 2 aromatic rings. The van der Waals surface area contributed by atoms with Crippen LogP contribution in [0.15, 0.2) is 22.9 Å². The van der Waals surface area contributed by atoms with Gasteiger partial charge in [0, 0.05) is 55.9 Å². The van der Waals surface area contributed by atoms with Crippen molar-refractivity contribution in [2.24, 2.45) is 17.8 Å². The van der Waals surface area contributed by atoms with E-state index in [-0.39, 0.29) is 54.6 Å². The van der Waals surface area contributed by atoms with Crippen molar-refractivity contribution >= 4 is 46.4 Å². The van der Waals surface area contributed by atoms with Crippen molar-refractivity contribution in [3.8, 4) is 0 Å². The second-order valence-electron chi connectivity index (χ2n) is 14.5. The lowest BCUT2D eigenvalue weighted by molar-refractivity contribution is -0.144. The zero-order chi connectivity index (χ0) is 39.1. The summed E-state index contributed by atoms with van der Waals surface area (Å²) in [5.41, 5.74) is 0.204. The Balaban J connectivity index is 1.88. The van der Waals surface area contributed by atoms with Gasteiger partial charge in [0.15, 0.2) is 0 Å². The summed E-state index contributed by atoms with van der Waals surface area (Å²) in [5, 5.41) is 19.9. The fourth-order valence-corrected chi connectivity index (χ4v) is 8.35. The third-order valence-corrected chi connectivity index (χ3v) is 12.0. The van der Waals surface area contributed by atoms with Gasteiger partial charge in [-0.25, -0.2) is 4.98 Å². The standard InChI is InChI=1S/C38H61N5O8S2/c1-9-25(4)33(41-35(45)30-14-10-11-15-42(30)6)37(46)43(16-17-49-7)31(24(2)3)21-32(51-23-50-8)36-40-29(22-53-36)34(44)39-27(19-26(5)38(47)48)20-28-13-12-18-52-28/h12-13,18,22,24-27,30-33H,9-11,14-17,19-21,23H2,1-8H3,(H,39,44)(H,41,45)(H,47,48)/t25?,26-,27+,30?,31+,32+,33?/m0/s1. The molecule has 0 radical (unpaired) electrons. The molecule has 1 saturated heterocycles. The number of likely N-dealkylation sites (tertiary alicyclic amines) is 1. The number of ether oxygens (including phenoxy) is 3. The highest BCUT2D eigenvalue weighted by Gasteiger charge is 2.38. The van der Waals surface area contributed by atoms with Crippen LogP contribution in [0, 0.1) is 17.8 Å². The van der Waals surface area contributed by atoms with Crippen LogP contribution in [0.25, 0.3) is 0 Å². The largest absolute Gasteiger partial charge is 0.481 e. The topological polar surface area (TPSA) is 160 Å². The first-order valence-electron chi connectivity index (χ1n) is 18.7. The third kappa shape index (κ3) is 13.4. The first-order valence-corrected chi connectivity index (χ1v) is 20.5. The van der Waals surface area contributed by atoms with Crippen LogP contribution in [0.2, 0.25) is 0 Å². The predicted octanol–water partition coefficient (Wildman–Crippen LogP) is 5.22. The van der Waals surface area contributed by atoms with Crippen LogP contribution in [-0.4, -0.2) is 116 Å². The van der Waals surface area contributed by atoms with E-state index in [1.54, 1.807) is 30.8 Å². The lowest BCUT2D eigenvalue weighted by Gasteiger charge is -2.40. The fourth-order valence-electron chi connectivity index (χ4n) is 6.71. The number of carbonyl (C=O) groups is 4. The lowest BCUT2D eigenvalue weighted by Crippen LogP contribution is -2.59. The van der Waals surface area contributed by atoms with Crippen LogP contribution < -0.4 is 10.6 Å². The van der Waals surface area contributed by atoms with Gasteiger partial charge in [-0.15, -0.1) is 22.7 Å². The van der Waals surface area contributed by atoms with Crippen molar-refractivity contribution in [1.82, 2.24) is 25.4 Å². The molecule has 3 heterocycles. The first kappa shape index (κ1) is 44.4. The van der Waals surface area contributed by atoms with Crippen LogP contribution in [-0.2, 0) is 35.0 Å². The summed E-state index contributed by atoms with van der Waals surface area (Å²) in [5.74, 6) is -2.37. The number of thiazole rings is 1. The van der Waals surface area contributed by atoms with Crippen molar-refractivity contribution in [3.63, 3.8) is 0 Å². The number of amides is 3. The van der Waals surface area contributed by atoms with Crippen molar-refractivity contribution in [2.45, 2.75) is 110 Å². The summed E-state index contributed by atoms with van der Waals surface area (Å²) in [6.45, 7) is 11.2.